The van der Waals surface area contributed by atoms with Crippen molar-refractivity contribution in [3.63, 3.8) is 0 Å². The molecular weight excluding hydrogens is 304 g/mol. The molecule has 0 aromatic carbocycles. The SMILES string of the molecule is CNc1sc(S(=O)(=O)Nc2ccncc2)cc1[N+](=O)[O-]. The normalized spacial score (nSPS) is 11.1. The van der Waals surface area contributed by atoms with Crippen molar-refractivity contribution in [1.29, 1.82) is 0 Å². The molecule has 2 heterocycles. The fourth-order valence-electron chi connectivity index (χ4n) is 1.43. The van der Waals surface area contributed by atoms with Crippen LogP contribution in [0.5, 0.6) is 0 Å². The van der Waals surface area contributed by atoms with Gasteiger partial charge < -0.3 is 5.32 Å². The minimum absolute atomic E-state index is 0.134. The van der Waals surface area contributed by atoms with Crippen LogP contribution < -0.4 is 10.0 Å². The van der Waals surface area contributed by atoms with Crippen LogP contribution in [-0.4, -0.2) is 25.4 Å². The number of pyridine rings is 1. The zero-order valence-corrected chi connectivity index (χ0v) is 11.9. The average Bonchev–Trinajstić information content (AvgIpc) is 2.84. The molecule has 10 heteroatoms. The van der Waals surface area contributed by atoms with Gasteiger partial charge in [0.1, 0.15) is 4.21 Å². The topological polar surface area (TPSA) is 114 Å². The van der Waals surface area contributed by atoms with Crippen LogP contribution in [0.25, 0.3) is 0 Å². The molecule has 106 valence electrons. The highest BCUT2D eigenvalue weighted by molar-refractivity contribution is 7.94. The predicted molar refractivity (Wildman–Crippen MR) is 75.6 cm³/mol. The monoisotopic (exact) mass is 314 g/mol. The minimum Gasteiger partial charge on any atom is -0.374 e. The van der Waals surface area contributed by atoms with E-state index in [1.165, 1.54) is 31.6 Å². The van der Waals surface area contributed by atoms with E-state index in [1.54, 1.807) is 0 Å². The minimum atomic E-state index is -3.86. The molecule has 20 heavy (non-hydrogen) atoms. The molecule has 0 bridgehead atoms. The number of thiophene rings is 1. The third kappa shape index (κ3) is 2.86. The third-order valence-corrected chi connectivity index (χ3v) is 5.31. The van der Waals surface area contributed by atoms with Crippen LogP contribution in [0.1, 0.15) is 0 Å². The van der Waals surface area contributed by atoms with Crippen molar-refractivity contribution >= 4 is 37.7 Å². The number of nitro groups is 1. The number of aromatic nitrogens is 1. The molecule has 2 rings (SSSR count). The Bertz CT molecular complexity index is 727. The molecule has 0 fully saturated rings. The van der Waals surface area contributed by atoms with Crippen LogP contribution >= 0.6 is 11.3 Å². The molecule has 0 aliphatic rings. The van der Waals surface area contributed by atoms with E-state index in [4.69, 9.17) is 0 Å². The second-order valence-corrected chi connectivity index (χ2v) is 6.59. The maximum absolute atomic E-state index is 12.1. The van der Waals surface area contributed by atoms with Crippen molar-refractivity contribution in [2.75, 3.05) is 17.1 Å². The number of nitrogens with one attached hydrogen (secondary N) is 2. The summed E-state index contributed by atoms with van der Waals surface area (Å²) < 4.78 is 26.5. The van der Waals surface area contributed by atoms with E-state index in [2.05, 4.69) is 15.0 Å². The highest BCUT2D eigenvalue weighted by atomic mass is 32.2. The number of rotatable bonds is 5. The average molecular weight is 314 g/mol. The first-order valence-corrected chi connectivity index (χ1v) is 7.63. The summed E-state index contributed by atoms with van der Waals surface area (Å²) in [5.74, 6) is 0. The van der Waals surface area contributed by atoms with Gasteiger partial charge in [0.2, 0.25) is 0 Å². The van der Waals surface area contributed by atoms with Gasteiger partial charge in [-0.1, -0.05) is 11.3 Å². The second-order valence-electron chi connectivity index (χ2n) is 3.63. The summed E-state index contributed by atoms with van der Waals surface area (Å²) in [4.78, 5) is 14.0. The molecule has 0 atom stereocenters. The first-order valence-electron chi connectivity index (χ1n) is 5.33. The largest absolute Gasteiger partial charge is 0.374 e. The second kappa shape index (κ2) is 5.43. The Morgan fingerprint density at radius 1 is 1.35 bits per heavy atom. The van der Waals surface area contributed by atoms with Gasteiger partial charge in [0.05, 0.1) is 10.6 Å². The standard InChI is InChI=1S/C10H10N4O4S2/c1-11-10-8(14(15)16)6-9(19-10)20(17,18)13-7-2-4-12-5-3-7/h2-6,11H,1H3,(H,12,13). The Labute approximate surface area is 118 Å². The van der Waals surface area contributed by atoms with Gasteiger partial charge in [0.15, 0.2) is 5.00 Å². The van der Waals surface area contributed by atoms with Gasteiger partial charge in [-0.25, -0.2) is 8.42 Å². The van der Waals surface area contributed by atoms with E-state index in [-0.39, 0.29) is 14.9 Å². The van der Waals surface area contributed by atoms with E-state index >= 15 is 0 Å². The molecule has 0 unspecified atom stereocenters. The number of sulfonamides is 1. The van der Waals surface area contributed by atoms with Crippen molar-refractivity contribution < 1.29 is 13.3 Å². The van der Waals surface area contributed by atoms with Gasteiger partial charge in [-0.3, -0.25) is 19.8 Å². The molecule has 2 aromatic heterocycles. The Kier molecular flexibility index (Phi) is 3.86. The van der Waals surface area contributed by atoms with Gasteiger partial charge in [0, 0.05) is 25.5 Å². The lowest BCUT2D eigenvalue weighted by Crippen LogP contribution is -2.11. The molecule has 0 radical (unpaired) electrons. The summed E-state index contributed by atoms with van der Waals surface area (Å²) in [6.45, 7) is 0. The maximum atomic E-state index is 12.1. The van der Waals surface area contributed by atoms with Crippen molar-refractivity contribution in [3.8, 4) is 0 Å². The fraction of sp³-hybridized carbons (Fsp3) is 0.100. The number of hydrogen-bond donors (Lipinski definition) is 2. The molecule has 0 aliphatic heterocycles. The summed E-state index contributed by atoms with van der Waals surface area (Å²) in [6, 6.07) is 4.00. The Morgan fingerprint density at radius 2 is 2.00 bits per heavy atom. The maximum Gasteiger partial charge on any atom is 0.304 e. The molecule has 2 N–H and O–H groups in total. The van der Waals surface area contributed by atoms with Crippen LogP contribution in [0, 0.1) is 10.1 Å². The summed E-state index contributed by atoms with van der Waals surface area (Å²) in [6.07, 6.45) is 2.88. The highest BCUT2D eigenvalue weighted by Crippen LogP contribution is 2.37. The van der Waals surface area contributed by atoms with Gasteiger partial charge >= 0.3 is 5.69 Å². The number of anilines is 2. The molecule has 8 nitrogen and oxygen atoms in total. The number of hydrogen-bond acceptors (Lipinski definition) is 7. The first-order chi connectivity index (χ1) is 9.44. The zero-order valence-electron chi connectivity index (χ0n) is 10.2. The zero-order chi connectivity index (χ0) is 14.8. The Balaban J connectivity index is 2.37. The van der Waals surface area contributed by atoms with Gasteiger partial charge in [-0.2, -0.15) is 0 Å². The third-order valence-electron chi connectivity index (χ3n) is 2.31. The van der Waals surface area contributed by atoms with Crippen molar-refractivity contribution in [2.45, 2.75) is 4.21 Å². The molecule has 0 saturated heterocycles. The van der Waals surface area contributed by atoms with E-state index in [0.29, 0.717) is 5.69 Å². The fourth-order valence-corrected chi connectivity index (χ4v) is 3.77. The number of nitrogens with zero attached hydrogens (tertiary/aromatic N) is 2. The lowest BCUT2D eigenvalue weighted by molar-refractivity contribution is -0.383. The van der Waals surface area contributed by atoms with Gasteiger partial charge in [-0.05, 0) is 12.1 Å². The lowest BCUT2D eigenvalue weighted by Gasteiger charge is -2.04. The smallest absolute Gasteiger partial charge is 0.304 e. The molecule has 0 aliphatic carbocycles. The van der Waals surface area contributed by atoms with Crippen LogP contribution in [0.3, 0.4) is 0 Å². The Hall–Kier alpha value is -2.20. The molecular formula is C10H10N4O4S2. The van der Waals surface area contributed by atoms with Crippen molar-refractivity contribution in [2.24, 2.45) is 0 Å². The predicted octanol–water partition coefficient (Wildman–Crippen LogP) is 1.89. The van der Waals surface area contributed by atoms with E-state index in [0.717, 1.165) is 17.4 Å². The van der Waals surface area contributed by atoms with E-state index in [1.807, 2.05) is 0 Å². The summed E-state index contributed by atoms with van der Waals surface area (Å²) in [7, 11) is -2.37. The van der Waals surface area contributed by atoms with E-state index in [9.17, 15) is 18.5 Å². The summed E-state index contributed by atoms with van der Waals surface area (Å²) in [5.41, 5.74) is 0.0645. The lowest BCUT2D eigenvalue weighted by atomic mass is 10.4. The quantitative estimate of drug-likeness (QED) is 0.643. The van der Waals surface area contributed by atoms with Crippen LogP contribution in [0.4, 0.5) is 16.4 Å². The molecule has 0 amide bonds. The molecule has 2 aromatic rings. The summed E-state index contributed by atoms with van der Waals surface area (Å²) in [5, 5.41) is 13.6. The van der Waals surface area contributed by atoms with Gasteiger partial charge in [0.25, 0.3) is 10.0 Å². The van der Waals surface area contributed by atoms with Crippen molar-refractivity contribution in [3.05, 3.63) is 40.7 Å². The Morgan fingerprint density at radius 3 is 2.50 bits per heavy atom. The van der Waals surface area contributed by atoms with Crippen molar-refractivity contribution in [1.82, 2.24) is 4.98 Å². The first kappa shape index (κ1) is 14.2. The molecule has 0 saturated carbocycles. The van der Waals surface area contributed by atoms with Crippen LogP contribution in [0.15, 0.2) is 34.8 Å². The van der Waals surface area contributed by atoms with Gasteiger partial charge in [-0.15, -0.1) is 0 Å². The van der Waals surface area contributed by atoms with Crippen LogP contribution in [0.2, 0.25) is 0 Å². The highest BCUT2D eigenvalue weighted by Gasteiger charge is 2.25. The molecule has 0 spiro atoms. The van der Waals surface area contributed by atoms with E-state index < -0.39 is 14.9 Å². The summed E-state index contributed by atoms with van der Waals surface area (Å²) >= 11 is 0.795. The van der Waals surface area contributed by atoms with Crippen LogP contribution in [-0.2, 0) is 10.0 Å².